The van der Waals surface area contributed by atoms with Gasteiger partial charge in [-0.1, -0.05) is 19.1 Å². The molecule has 1 aromatic carbocycles. The average molecular weight is 296 g/mol. The van der Waals surface area contributed by atoms with Gasteiger partial charge in [0, 0.05) is 17.4 Å². The highest BCUT2D eigenvalue weighted by atomic mass is 16.1. The van der Waals surface area contributed by atoms with Crippen molar-refractivity contribution in [2.75, 3.05) is 10.6 Å². The SMILES string of the molecule is CCc1ccc(NC(=O)c2cc(C)nc(NC3CC3)n2)cc1. The van der Waals surface area contributed by atoms with E-state index in [1.54, 1.807) is 6.07 Å². The van der Waals surface area contributed by atoms with Gasteiger partial charge in [0.25, 0.3) is 5.91 Å². The molecule has 0 saturated heterocycles. The van der Waals surface area contributed by atoms with Gasteiger partial charge in [-0.3, -0.25) is 4.79 Å². The highest BCUT2D eigenvalue weighted by Gasteiger charge is 2.22. The molecule has 0 atom stereocenters. The number of hydrogen-bond acceptors (Lipinski definition) is 4. The smallest absolute Gasteiger partial charge is 0.274 e. The molecule has 1 aliphatic carbocycles. The average Bonchev–Trinajstić information content (AvgIpc) is 3.31. The van der Waals surface area contributed by atoms with E-state index in [1.807, 2.05) is 31.2 Å². The summed E-state index contributed by atoms with van der Waals surface area (Å²) in [5.74, 6) is 0.322. The van der Waals surface area contributed by atoms with Crippen LogP contribution in [0.25, 0.3) is 0 Å². The van der Waals surface area contributed by atoms with Gasteiger partial charge in [0.1, 0.15) is 5.69 Å². The normalized spacial score (nSPS) is 13.7. The molecule has 1 aliphatic rings. The summed E-state index contributed by atoms with van der Waals surface area (Å²) in [6.45, 7) is 3.97. The van der Waals surface area contributed by atoms with Crippen LogP contribution in [0, 0.1) is 6.92 Å². The van der Waals surface area contributed by atoms with E-state index in [0.29, 0.717) is 17.7 Å². The molecule has 3 rings (SSSR count). The summed E-state index contributed by atoms with van der Waals surface area (Å²) in [6, 6.07) is 10.0. The van der Waals surface area contributed by atoms with Crippen LogP contribution in [0.4, 0.5) is 11.6 Å². The zero-order valence-electron chi connectivity index (χ0n) is 12.9. The van der Waals surface area contributed by atoms with Crippen molar-refractivity contribution >= 4 is 17.5 Å². The molecule has 0 aliphatic heterocycles. The number of nitrogens with one attached hydrogen (secondary N) is 2. The fourth-order valence-electron chi connectivity index (χ4n) is 2.18. The van der Waals surface area contributed by atoms with Crippen LogP contribution in [0.1, 0.15) is 41.5 Å². The Balaban J connectivity index is 1.74. The summed E-state index contributed by atoms with van der Waals surface area (Å²) in [7, 11) is 0. The lowest BCUT2D eigenvalue weighted by Gasteiger charge is -2.08. The third kappa shape index (κ3) is 3.61. The van der Waals surface area contributed by atoms with Crippen molar-refractivity contribution < 1.29 is 4.79 Å². The molecular weight excluding hydrogens is 276 g/mol. The Morgan fingerprint density at radius 3 is 2.59 bits per heavy atom. The lowest BCUT2D eigenvalue weighted by molar-refractivity contribution is 0.102. The first-order chi connectivity index (χ1) is 10.6. The van der Waals surface area contributed by atoms with E-state index in [4.69, 9.17) is 0 Å². The van der Waals surface area contributed by atoms with E-state index in [9.17, 15) is 4.79 Å². The maximum Gasteiger partial charge on any atom is 0.274 e. The summed E-state index contributed by atoms with van der Waals surface area (Å²) in [4.78, 5) is 21.0. The molecule has 2 N–H and O–H groups in total. The van der Waals surface area contributed by atoms with E-state index < -0.39 is 0 Å². The molecule has 1 saturated carbocycles. The Kier molecular flexibility index (Phi) is 4.04. The van der Waals surface area contributed by atoms with Crippen molar-refractivity contribution in [2.24, 2.45) is 0 Å². The molecule has 0 unspecified atom stereocenters. The topological polar surface area (TPSA) is 66.9 Å². The second kappa shape index (κ2) is 6.13. The Bertz CT molecular complexity index is 678. The minimum absolute atomic E-state index is 0.214. The molecule has 1 amide bonds. The molecule has 22 heavy (non-hydrogen) atoms. The van der Waals surface area contributed by atoms with Gasteiger partial charge >= 0.3 is 0 Å². The second-order valence-electron chi connectivity index (χ2n) is 5.64. The number of nitrogens with zero attached hydrogens (tertiary/aromatic N) is 2. The number of rotatable bonds is 5. The number of hydrogen-bond donors (Lipinski definition) is 2. The molecule has 1 fully saturated rings. The van der Waals surface area contributed by atoms with Crippen molar-refractivity contribution in [3.63, 3.8) is 0 Å². The van der Waals surface area contributed by atoms with Gasteiger partial charge in [0.05, 0.1) is 0 Å². The maximum atomic E-state index is 12.3. The lowest BCUT2D eigenvalue weighted by Crippen LogP contribution is -2.16. The summed E-state index contributed by atoms with van der Waals surface area (Å²) < 4.78 is 0. The van der Waals surface area contributed by atoms with Crippen LogP contribution >= 0.6 is 0 Å². The van der Waals surface area contributed by atoms with Gasteiger partial charge in [-0.2, -0.15) is 0 Å². The van der Waals surface area contributed by atoms with Crippen molar-refractivity contribution in [2.45, 2.75) is 39.2 Å². The van der Waals surface area contributed by atoms with E-state index in [-0.39, 0.29) is 5.91 Å². The third-order valence-corrected chi connectivity index (χ3v) is 3.62. The van der Waals surface area contributed by atoms with E-state index >= 15 is 0 Å². The summed E-state index contributed by atoms with van der Waals surface area (Å²) in [5, 5.41) is 6.10. The highest BCUT2D eigenvalue weighted by molar-refractivity contribution is 6.03. The van der Waals surface area contributed by atoms with Gasteiger partial charge in [-0.15, -0.1) is 0 Å². The van der Waals surface area contributed by atoms with Crippen molar-refractivity contribution in [3.8, 4) is 0 Å². The number of aryl methyl sites for hydroxylation is 2. The maximum absolute atomic E-state index is 12.3. The molecule has 0 bridgehead atoms. The Hall–Kier alpha value is -2.43. The van der Waals surface area contributed by atoms with Crippen LogP contribution in [0.5, 0.6) is 0 Å². The number of carbonyl (C=O) groups is 1. The Morgan fingerprint density at radius 1 is 1.23 bits per heavy atom. The molecule has 2 aromatic rings. The fourth-order valence-corrected chi connectivity index (χ4v) is 2.18. The van der Waals surface area contributed by atoms with Crippen LogP contribution in [0.15, 0.2) is 30.3 Å². The van der Waals surface area contributed by atoms with E-state index in [0.717, 1.165) is 30.6 Å². The molecule has 1 aromatic heterocycles. The number of anilines is 2. The zero-order valence-corrected chi connectivity index (χ0v) is 12.9. The van der Waals surface area contributed by atoms with Crippen LogP contribution < -0.4 is 10.6 Å². The minimum Gasteiger partial charge on any atom is -0.351 e. The Labute approximate surface area is 130 Å². The predicted octanol–water partition coefficient (Wildman–Crippen LogP) is 3.17. The highest BCUT2D eigenvalue weighted by Crippen LogP contribution is 2.23. The number of amides is 1. The molecule has 5 nitrogen and oxygen atoms in total. The third-order valence-electron chi connectivity index (χ3n) is 3.62. The standard InChI is InChI=1S/C17H20N4O/c1-3-12-4-6-13(7-5-12)19-16(22)15-10-11(2)18-17(21-15)20-14-8-9-14/h4-7,10,14H,3,8-9H2,1-2H3,(H,19,22)(H,18,20,21). The van der Waals surface area contributed by atoms with Gasteiger partial charge in [-0.25, -0.2) is 9.97 Å². The monoisotopic (exact) mass is 296 g/mol. The number of aromatic nitrogens is 2. The van der Waals surface area contributed by atoms with Gasteiger partial charge in [-0.05, 0) is 49.9 Å². The minimum atomic E-state index is -0.214. The van der Waals surface area contributed by atoms with E-state index in [1.165, 1.54) is 5.56 Å². The van der Waals surface area contributed by atoms with Crippen LogP contribution in [-0.2, 0) is 6.42 Å². The van der Waals surface area contributed by atoms with Gasteiger partial charge < -0.3 is 10.6 Å². The van der Waals surface area contributed by atoms with Crippen LogP contribution in [0.2, 0.25) is 0 Å². The largest absolute Gasteiger partial charge is 0.351 e. The number of benzene rings is 1. The fraction of sp³-hybridized carbons (Fsp3) is 0.353. The van der Waals surface area contributed by atoms with Crippen LogP contribution in [-0.4, -0.2) is 21.9 Å². The van der Waals surface area contributed by atoms with Crippen molar-refractivity contribution in [3.05, 3.63) is 47.3 Å². The van der Waals surface area contributed by atoms with Crippen molar-refractivity contribution in [1.82, 2.24) is 9.97 Å². The first-order valence-electron chi connectivity index (χ1n) is 7.66. The summed E-state index contributed by atoms with van der Waals surface area (Å²) >= 11 is 0. The van der Waals surface area contributed by atoms with E-state index in [2.05, 4.69) is 27.5 Å². The zero-order chi connectivity index (χ0) is 15.5. The molecule has 114 valence electrons. The predicted molar refractivity (Wildman–Crippen MR) is 87.2 cm³/mol. The quantitative estimate of drug-likeness (QED) is 0.889. The van der Waals surface area contributed by atoms with Crippen LogP contribution in [0.3, 0.4) is 0 Å². The first kappa shape index (κ1) is 14.5. The molecule has 0 spiro atoms. The second-order valence-corrected chi connectivity index (χ2v) is 5.64. The molecular formula is C17H20N4O. The Morgan fingerprint density at radius 2 is 1.95 bits per heavy atom. The van der Waals surface area contributed by atoms with Crippen molar-refractivity contribution in [1.29, 1.82) is 0 Å². The van der Waals surface area contributed by atoms with Gasteiger partial charge in [0.2, 0.25) is 5.95 Å². The molecule has 0 radical (unpaired) electrons. The summed E-state index contributed by atoms with van der Waals surface area (Å²) in [5.41, 5.74) is 3.18. The molecule has 5 heteroatoms. The summed E-state index contributed by atoms with van der Waals surface area (Å²) in [6.07, 6.45) is 3.26. The van der Waals surface area contributed by atoms with Gasteiger partial charge in [0.15, 0.2) is 0 Å². The molecule has 1 heterocycles. The number of carbonyl (C=O) groups excluding carboxylic acids is 1. The first-order valence-corrected chi connectivity index (χ1v) is 7.66. The lowest BCUT2D eigenvalue weighted by atomic mass is 10.1.